The van der Waals surface area contributed by atoms with Crippen molar-refractivity contribution >= 4 is 6.09 Å². The lowest BCUT2D eigenvalue weighted by Gasteiger charge is -2.39. The Hall–Kier alpha value is -3.53. The molecule has 0 aromatic heterocycles. The van der Waals surface area contributed by atoms with E-state index in [-0.39, 0.29) is 31.5 Å². The number of rotatable bonds is 12. The van der Waals surface area contributed by atoms with Crippen LogP contribution >= 0.6 is 0 Å². The molecule has 0 bridgehead atoms. The number of nitrogens with zero attached hydrogens (tertiary/aromatic N) is 1. The molecular weight excluding hydrogens is 520 g/mol. The molecule has 0 saturated carbocycles. The zero-order valence-corrected chi connectivity index (χ0v) is 23.7. The van der Waals surface area contributed by atoms with Gasteiger partial charge in [-0.15, -0.1) is 0 Å². The maximum absolute atomic E-state index is 11.7. The number of aliphatic hydroxyl groups is 2. The van der Waals surface area contributed by atoms with Gasteiger partial charge >= 0.3 is 6.09 Å². The molecule has 1 aliphatic rings. The lowest BCUT2D eigenvalue weighted by atomic mass is 9.98. The van der Waals surface area contributed by atoms with Crippen molar-refractivity contribution in [1.29, 1.82) is 0 Å². The van der Waals surface area contributed by atoms with E-state index in [0.29, 0.717) is 19.5 Å². The summed E-state index contributed by atoms with van der Waals surface area (Å²) in [6, 6.07) is 25.1. The molecule has 1 fully saturated rings. The van der Waals surface area contributed by atoms with E-state index in [1.165, 1.54) is 6.08 Å². The van der Waals surface area contributed by atoms with Crippen LogP contribution in [0.1, 0.15) is 59.7 Å². The van der Waals surface area contributed by atoms with Gasteiger partial charge in [0.1, 0.15) is 6.61 Å². The van der Waals surface area contributed by atoms with E-state index in [4.69, 9.17) is 14.2 Å². The van der Waals surface area contributed by atoms with Crippen molar-refractivity contribution in [2.75, 3.05) is 20.2 Å². The van der Waals surface area contributed by atoms with Crippen LogP contribution in [0.4, 0.5) is 4.79 Å². The molecule has 41 heavy (non-hydrogen) atoms. The Kier molecular flexibility index (Phi) is 11.1. The van der Waals surface area contributed by atoms with Gasteiger partial charge in [-0.1, -0.05) is 91.5 Å². The number of hydrogen-bond donors (Lipinski definition) is 3. The fourth-order valence-electron chi connectivity index (χ4n) is 4.84. The Morgan fingerprint density at radius 3 is 2.37 bits per heavy atom. The number of hydrogen-bond acceptors (Lipinski definition) is 7. The predicted octanol–water partition coefficient (Wildman–Crippen LogP) is 5.19. The summed E-state index contributed by atoms with van der Waals surface area (Å²) in [6.45, 7) is 6.62. The van der Waals surface area contributed by atoms with Crippen molar-refractivity contribution in [3.8, 4) is 0 Å². The number of amides is 1. The summed E-state index contributed by atoms with van der Waals surface area (Å²) in [4.78, 5) is 13.9. The quantitative estimate of drug-likeness (QED) is 0.262. The van der Waals surface area contributed by atoms with Crippen LogP contribution in [0.5, 0.6) is 0 Å². The van der Waals surface area contributed by atoms with Gasteiger partial charge in [-0.25, -0.2) is 4.79 Å². The fourth-order valence-corrected chi connectivity index (χ4v) is 4.84. The lowest BCUT2D eigenvalue weighted by molar-refractivity contribution is -0.253. The van der Waals surface area contributed by atoms with Gasteiger partial charge in [0.25, 0.3) is 0 Å². The largest absolute Gasteiger partial charge is 0.445 e. The molecule has 5 atom stereocenters. The predicted molar refractivity (Wildman–Crippen MR) is 157 cm³/mol. The van der Waals surface area contributed by atoms with Crippen molar-refractivity contribution < 1.29 is 29.2 Å². The molecule has 0 unspecified atom stereocenters. The van der Waals surface area contributed by atoms with Gasteiger partial charge in [0.15, 0.2) is 6.29 Å². The van der Waals surface area contributed by atoms with E-state index in [0.717, 1.165) is 27.8 Å². The molecule has 0 spiro atoms. The second kappa shape index (κ2) is 14.9. The maximum atomic E-state index is 11.7. The molecule has 3 aromatic carbocycles. The van der Waals surface area contributed by atoms with Gasteiger partial charge in [-0.05, 0) is 36.2 Å². The highest BCUT2D eigenvalue weighted by molar-refractivity contribution is 5.67. The summed E-state index contributed by atoms with van der Waals surface area (Å²) in [5.74, 6) is 0. The Bertz CT molecular complexity index is 1230. The molecule has 8 nitrogen and oxygen atoms in total. The normalized spacial score (nSPS) is 20.3. The molecule has 1 saturated heterocycles. The number of carbonyl (C=O) groups is 1. The van der Waals surface area contributed by atoms with Gasteiger partial charge in [-0.3, -0.25) is 4.90 Å². The molecule has 1 heterocycles. The van der Waals surface area contributed by atoms with Crippen LogP contribution in [0.15, 0.2) is 91.5 Å². The minimum absolute atomic E-state index is 0.0141. The van der Waals surface area contributed by atoms with Crippen molar-refractivity contribution in [2.45, 2.75) is 57.1 Å². The van der Waals surface area contributed by atoms with Crippen molar-refractivity contribution in [3.63, 3.8) is 0 Å². The van der Waals surface area contributed by atoms with Gasteiger partial charge < -0.3 is 29.7 Å². The number of aliphatic hydroxyl groups excluding tert-OH is 2. The van der Waals surface area contributed by atoms with Crippen molar-refractivity contribution in [3.05, 3.63) is 119 Å². The van der Waals surface area contributed by atoms with E-state index in [9.17, 15) is 15.0 Å². The molecule has 1 amide bonds. The van der Waals surface area contributed by atoms with Crippen LogP contribution in [-0.4, -0.2) is 53.6 Å². The first-order chi connectivity index (χ1) is 19.9. The average Bonchev–Trinajstić information content (AvgIpc) is 3.02. The first-order valence-corrected chi connectivity index (χ1v) is 13.9. The van der Waals surface area contributed by atoms with Crippen molar-refractivity contribution in [1.82, 2.24) is 10.2 Å². The Morgan fingerprint density at radius 1 is 1.05 bits per heavy atom. The van der Waals surface area contributed by atoms with E-state index in [1.807, 2.05) is 92.8 Å². The number of alkyl carbamates (subject to hydrolysis) is 1. The van der Waals surface area contributed by atoms with Crippen LogP contribution < -0.4 is 5.32 Å². The Labute approximate surface area is 242 Å². The molecule has 1 aliphatic heterocycles. The van der Waals surface area contributed by atoms with E-state index in [2.05, 4.69) is 16.8 Å². The van der Waals surface area contributed by atoms with Crippen LogP contribution in [0.25, 0.3) is 0 Å². The summed E-state index contributed by atoms with van der Waals surface area (Å²) in [5, 5.41) is 23.2. The van der Waals surface area contributed by atoms with Gasteiger partial charge in [0.2, 0.25) is 0 Å². The summed E-state index contributed by atoms with van der Waals surface area (Å²) in [6.07, 6.45) is 0.0588. The molecule has 8 heteroatoms. The number of benzene rings is 3. The summed E-state index contributed by atoms with van der Waals surface area (Å²) in [5.41, 5.74) is 4.51. The monoisotopic (exact) mass is 560 g/mol. The highest BCUT2D eigenvalue weighted by Crippen LogP contribution is 2.38. The Morgan fingerprint density at radius 2 is 1.71 bits per heavy atom. The third kappa shape index (κ3) is 8.48. The molecular formula is C33H40N2O6. The third-order valence-electron chi connectivity index (χ3n) is 7.42. The number of ether oxygens (including phenoxy) is 3. The maximum Gasteiger partial charge on any atom is 0.407 e. The topological polar surface area (TPSA) is 100 Å². The van der Waals surface area contributed by atoms with E-state index >= 15 is 0 Å². The SMILES string of the molecule is C=CCOC(=O)NCc1ccc([C@H]2O[C@@H](CN(C)[C@@H](C)[C@H](O)c3ccccc3)C[C@@H](c3ccc(CO)cc3)O2)cc1. The average molecular weight is 561 g/mol. The summed E-state index contributed by atoms with van der Waals surface area (Å²) in [7, 11) is 2.00. The molecule has 3 aromatic rings. The molecule has 0 radical (unpaired) electrons. The van der Waals surface area contributed by atoms with Crippen LogP contribution in [0.3, 0.4) is 0 Å². The zero-order valence-electron chi connectivity index (χ0n) is 23.7. The highest BCUT2D eigenvalue weighted by Gasteiger charge is 2.34. The standard InChI is InChI=1S/C33H40N2O6/c1-4-18-39-33(38)34-20-24-10-16-28(17-11-24)32-40-29(19-30(41-32)26-14-12-25(22-36)13-15-26)21-35(3)23(2)31(37)27-8-6-5-7-9-27/h4-17,23,29-32,36-37H,1,18-22H2,2-3H3,(H,34,38)/t23-,29+,30-,31-,32-/m0/s1. The van der Waals surface area contributed by atoms with Gasteiger partial charge in [-0.2, -0.15) is 0 Å². The molecule has 218 valence electrons. The second-order valence-electron chi connectivity index (χ2n) is 10.4. The third-order valence-corrected chi connectivity index (χ3v) is 7.42. The lowest BCUT2D eigenvalue weighted by Crippen LogP contribution is -2.43. The molecule has 0 aliphatic carbocycles. The first kappa shape index (κ1) is 30.4. The van der Waals surface area contributed by atoms with Crippen molar-refractivity contribution in [2.24, 2.45) is 0 Å². The minimum atomic E-state index is -0.631. The number of carbonyl (C=O) groups excluding carboxylic acids is 1. The molecule has 3 N–H and O–H groups in total. The molecule has 4 rings (SSSR count). The Balaban J connectivity index is 1.47. The van der Waals surface area contributed by atoms with Gasteiger partial charge in [0.05, 0.1) is 24.9 Å². The van der Waals surface area contributed by atoms with Crippen LogP contribution in [0, 0.1) is 0 Å². The van der Waals surface area contributed by atoms with Crippen LogP contribution in [0.2, 0.25) is 0 Å². The second-order valence-corrected chi connectivity index (χ2v) is 10.4. The van der Waals surface area contributed by atoms with Gasteiger partial charge in [0, 0.05) is 31.1 Å². The zero-order chi connectivity index (χ0) is 29.2. The summed E-state index contributed by atoms with van der Waals surface area (Å²) >= 11 is 0. The first-order valence-electron chi connectivity index (χ1n) is 13.9. The van der Waals surface area contributed by atoms with E-state index in [1.54, 1.807) is 0 Å². The number of likely N-dealkylation sites (N-methyl/N-ethyl adjacent to an activating group) is 1. The van der Waals surface area contributed by atoms with Crippen LogP contribution in [-0.2, 0) is 27.4 Å². The van der Waals surface area contributed by atoms with E-state index < -0.39 is 18.5 Å². The minimum Gasteiger partial charge on any atom is -0.445 e. The smallest absolute Gasteiger partial charge is 0.407 e. The fraction of sp³-hybridized carbons (Fsp3) is 0.364. The highest BCUT2D eigenvalue weighted by atomic mass is 16.7. The number of nitrogens with one attached hydrogen (secondary N) is 1. The summed E-state index contributed by atoms with van der Waals surface area (Å²) < 4.78 is 17.9.